The molecule has 2 aromatic heterocycles. The summed E-state index contributed by atoms with van der Waals surface area (Å²) < 4.78 is 5.13. The first-order valence-corrected chi connectivity index (χ1v) is 9.14. The second kappa shape index (κ2) is 7.92. The minimum absolute atomic E-state index is 0.0642. The Balaban J connectivity index is 1.67. The molecule has 1 unspecified atom stereocenters. The number of hydrogen-bond donors (Lipinski definition) is 2. The van der Waals surface area contributed by atoms with Crippen molar-refractivity contribution in [3.05, 3.63) is 84.1 Å². The summed E-state index contributed by atoms with van der Waals surface area (Å²) >= 11 is 0. The van der Waals surface area contributed by atoms with E-state index < -0.39 is 0 Å². The molecule has 28 heavy (non-hydrogen) atoms. The molecular formula is C22H21N5O. The number of benzene rings is 2. The molecule has 140 valence electrons. The first-order chi connectivity index (χ1) is 13.7. The zero-order valence-corrected chi connectivity index (χ0v) is 15.8. The lowest BCUT2D eigenvalue weighted by molar-refractivity contribution is 0.400. The van der Waals surface area contributed by atoms with Gasteiger partial charge < -0.3 is 15.2 Å². The van der Waals surface area contributed by atoms with Crippen molar-refractivity contribution in [2.24, 2.45) is 0 Å². The summed E-state index contributed by atoms with van der Waals surface area (Å²) in [5, 5.41) is 10.6. The molecule has 0 saturated carbocycles. The lowest BCUT2D eigenvalue weighted by Crippen LogP contribution is -2.10. The Kier molecular flexibility index (Phi) is 5.01. The van der Waals surface area contributed by atoms with Gasteiger partial charge in [-0.2, -0.15) is 4.98 Å². The van der Waals surface area contributed by atoms with E-state index in [4.69, 9.17) is 9.51 Å². The van der Waals surface area contributed by atoms with Gasteiger partial charge in [-0.15, -0.1) is 0 Å². The molecule has 0 spiro atoms. The molecule has 6 nitrogen and oxygen atoms in total. The number of rotatable bonds is 6. The Bertz CT molecular complexity index is 1050. The SMILES string of the molecule is Cc1cc(Nc2cc(-c3ccccc3)nc(NC(C)c3ccccc3)n2)no1. The second-order valence-electron chi connectivity index (χ2n) is 6.55. The van der Waals surface area contributed by atoms with Crippen molar-refractivity contribution < 1.29 is 4.52 Å². The summed E-state index contributed by atoms with van der Waals surface area (Å²) in [6.07, 6.45) is 0. The van der Waals surface area contributed by atoms with Gasteiger partial charge in [-0.3, -0.25) is 0 Å². The third-order valence-electron chi connectivity index (χ3n) is 4.32. The van der Waals surface area contributed by atoms with E-state index in [2.05, 4.69) is 39.8 Å². The Morgan fingerprint density at radius 1 is 0.857 bits per heavy atom. The molecule has 2 aromatic carbocycles. The lowest BCUT2D eigenvalue weighted by atomic mass is 10.1. The van der Waals surface area contributed by atoms with Crippen LogP contribution in [-0.4, -0.2) is 15.1 Å². The molecule has 4 aromatic rings. The number of hydrogen-bond acceptors (Lipinski definition) is 6. The molecule has 4 rings (SSSR count). The van der Waals surface area contributed by atoms with Gasteiger partial charge in [0.15, 0.2) is 5.82 Å². The van der Waals surface area contributed by atoms with Crippen molar-refractivity contribution in [1.82, 2.24) is 15.1 Å². The minimum atomic E-state index is 0.0642. The Morgan fingerprint density at radius 3 is 2.25 bits per heavy atom. The normalized spacial score (nSPS) is 11.8. The molecular weight excluding hydrogens is 350 g/mol. The van der Waals surface area contributed by atoms with Gasteiger partial charge in [0.1, 0.15) is 11.6 Å². The van der Waals surface area contributed by atoms with Gasteiger partial charge in [-0.25, -0.2) is 4.98 Å². The average molecular weight is 371 g/mol. The standard InChI is InChI=1S/C22H21N5O/c1-15-13-21(27-28-15)25-20-14-19(18-11-7-4-8-12-18)24-22(26-20)23-16(2)17-9-5-3-6-10-17/h3-14,16H,1-2H3,(H2,23,24,25,26,27). The van der Waals surface area contributed by atoms with Crippen LogP contribution < -0.4 is 10.6 Å². The monoisotopic (exact) mass is 371 g/mol. The van der Waals surface area contributed by atoms with Crippen LogP contribution in [0.3, 0.4) is 0 Å². The van der Waals surface area contributed by atoms with E-state index in [9.17, 15) is 0 Å². The van der Waals surface area contributed by atoms with Gasteiger partial charge in [0.25, 0.3) is 0 Å². The fraction of sp³-hybridized carbons (Fsp3) is 0.136. The van der Waals surface area contributed by atoms with Crippen molar-refractivity contribution in [2.45, 2.75) is 19.9 Å². The molecule has 0 aliphatic carbocycles. The van der Waals surface area contributed by atoms with Crippen LogP contribution in [0.2, 0.25) is 0 Å². The minimum Gasteiger partial charge on any atom is -0.360 e. The Morgan fingerprint density at radius 2 is 1.57 bits per heavy atom. The topological polar surface area (TPSA) is 75.9 Å². The van der Waals surface area contributed by atoms with Crippen molar-refractivity contribution in [3.8, 4) is 11.3 Å². The maximum Gasteiger partial charge on any atom is 0.225 e. The van der Waals surface area contributed by atoms with E-state index in [1.54, 1.807) is 0 Å². The van der Waals surface area contributed by atoms with Crippen LogP contribution in [0.1, 0.15) is 24.3 Å². The van der Waals surface area contributed by atoms with Crippen molar-refractivity contribution in [2.75, 3.05) is 10.6 Å². The number of aryl methyl sites for hydroxylation is 1. The molecule has 0 saturated heterocycles. The van der Waals surface area contributed by atoms with Crippen LogP contribution in [0.15, 0.2) is 77.3 Å². The summed E-state index contributed by atoms with van der Waals surface area (Å²) in [5.74, 6) is 2.53. The zero-order chi connectivity index (χ0) is 19.3. The van der Waals surface area contributed by atoms with E-state index in [0.29, 0.717) is 17.6 Å². The van der Waals surface area contributed by atoms with E-state index in [0.717, 1.165) is 22.6 Å². The van der Waals surface area contributed by atoms with E-state index in [1.165, 1.54) is 0 Å². The molecule has 0 bridgehead atoms. The first-order valence-electron chi connectivity index (χ1n) is 9.14. The van der Waals surface area contributed by atoms with Crippen LogP contribution in [-0.2, 0) is 0 Å². The molecule has 0 fully saturated rings. The fourth-order valence-corrected chi connectivity index (χ4v) is 2.91. The maximum atomic E-state index is 5.13. The summed E-state index contributed by atoms with van der Waals surface area (Å²) in [7, 11) is 0. The zero-order valence-electron chi connectivity index (χ0n) is 15.8. The Hall–Kier alpha value is -3.67. The number of nitrogens with one attached hydrogen (secondary N) is 2. The van der Waals surface area contributed by atoms with Crippen LogP contribution >= 0.6 is 0 Å². The highest BCUT2D eigenvalue weighted by Crippen LogP contribution is 2.25. The maximum absolute atomic E-state index is 5.13. The second-order valence-corrected chi connectivity index (χ2v) is 6.55. The van der Waals surface area contributed by atoms with Gasteiger partial charge in [0.2, 0.25) is 5.95 Å². The lowest BCUT2D eigenvalue weighted by Gasteiger charge is -2.16. The van der Waals surface area contributed by atoms with Gasteiger partial charge in [0.05, 0.1) is 11.7 Å². The number of aromatic nitrogens is 3. The highest BCUT2D eigenvalue weighted by molar-refractivity contribution is 5.66. The third-order valence-corrected chi connectivity index (χ3v) is 4.32. The average Bonchev–Trinajstić information content (AvgIpc) is 3.13. The largest absolute Gasteiger partial charge is 0.360 e. The Labute approximate surface area is 163 Å². The summed E-state index contributed by atoms with van der Waals surface area (Å²) in [6.45, 7) is 3.93. The van der Waals surface area contributed by atoms with E-state index in [-0.39, 0.29) is 6.04 Å². The van der Waals surface area contributed by atoms with Crippen molar-refractivity contribution >= 4 is 17.6 Å². The predicted octanol–water partition coefficient (Wildman–Crippen LogP) is 5.36. The first kappa shape index (κ1) is 17.7. The van der Waals surface area contributed by atoms with Gasteiger partial charge in [-0.05, 0) is 19.4 Å². The molecule has 2 N–H and O–H groups in total. The summed E-state index contributed by atoms with van der Waals surface area (Å²) in [5.41, 5.74) is 3.00. The van der Waals surface area contributed by atoms with E-state index >= 15 is 0 Å². The smallest absolute Gasteiger partial charge is 0.225 e. The quantitative estimate of drug-likeness (QED) is 0.475. The molecule has 0 radical (unpaired) electrons. The third kappa shape index (κ3) is 4.17. The van der Waals surface area contributed by atoms with Gasteiger partial charge in [-0.1, -0.05) is 65.8 Å². The highest BCUT2D eigenvalue weighted by Gasteiger charge is 2.12. The van der Waals surface area contributed by atoms with Gasteiger partial charge in [0, 0.05) is 17.7 Å². The van der Waals surface area contributed by atoms with Crippen LogP contribution in [0, 0.1) is 6.92 Å². The van der Waals surface area contributed by atoms with Crippen molar-refractivity contribution in [3.63, 3.8) is 0 Å². The predicted molar refractivity (Wildman–Crippen MR) is 110 cm³/mol. The van der Waals surface area contributed by atoms with Crippen LogP contribution in [0.25, 0.3) is 11.3 Å². The van der Waals surface area contributed by atoms with Crippen LogP contribution in [0.5, 0.6) is 0 Å². The van der Waals surface area contributed by atoms with Crippen LogP contribution in [0.4, 0.5) is 17.6 Å². The molecule has 0 aliphatic heterocycles. The van der Waals surface area contributed by atoms with Gasteiger partial charge >= 0.3 is 0 Å². The fourth-order valence-electron chi connectivity index (χ4n) is 2.91. The molecule has 1 atom stereocenters. The number of nitrogens with zero attached hydrogens (tertiary/aromatic N) is 3. The van der Waals surface area contributed by atoms with Crippen molar-refractivity contribution in [1.29, 1.82) is 0 Å². The highest BCUT2D eigenvalue weighted by atomic mass is 16.5. The molecule has 0 aliphatic rings. The molecule has 0 amide bonds. The molecule has 6 heteroatoms. The summed E-state index contributed by atoms with van der Waals surface area (Å²) in [4.78, 5) is 9.32. The van der Waals surface area contributed by atoms with E-state index in [1.807, 2.05) is 67.6 Å². The summed E-state index contributed by atoms with van der Waals surface area (Å²) in [6, 6.07) is 24.0. The number of anilines is 3. The molecule has 2 heterocycles.